The molecule has 0 unspecified atom stereocenters. The first kappa shape index (κ1) is 13.6. The zero-order valence-electron chi connectivity index (χ0n) is 10.0. The fourth-order valence-corrected chi connectivity index (χ4v) is 2.54. The Hall–Kier alpha value is -1.87. The molecule has 2 rings (SSSR count). The van der Waals surface area contributed by atoms with Gasteiger partial charge in [0.2, 0.25) is 10.0 Å². The summed E-state index contributed by atoms with van der Waals surface area (Å²) in [6, 6.07) is 3.67. The summed E-state index contributed by atoms with van der Waals surface area (Å²) >= 11 is 0. The van der Waals surface area contributed by atoms with Gasteiger partial charge in [-0.1, -0.05) is 0 Å². The predicted molar refractivity (Wildman–Crippen MR) is 65.6 cm³/mol. The maximum absolute atomic E-state index is 11.1. The quantitative estimate of drug-likeness (QED) is 0.631. The minimum absolute atomic E-state index is 0.216. The number of aromatic hydroxyl groups is 1. The first-order valence-corrected chi connectivity index (χ1v) is 7.21. The maximum atomic E-state index is 11.1. The molecule has 1 N–H and O–H groups in total. The minimum atomic E-state index is -3.21. The molecule has 104 valence electrons. The van der Waals surface area contributed by atoms with Crippen LogP contribution in [0.3, 0.4) is 0 Å². The van der Waals surface area contributed by atoms with E-state index in [2.05, 4.69) is 0 Å². The smallest absolute Gasteiger partial charge is 0.314 e. The standard InChI is InChI=1S/C10H12N2O6S/c1-19(16,17)11-5-8(6-11)18-7-2-3-10(13)9(4-7)12(14)15/h2-4,8,13H,5-6H2,1H3. The summed E-state index contributed by atoms with van der Waals surface area (Å²) < 4.78 is 28.9. The second-order valence-corrected chi connectivity index (χ2v) is 6.21. The number of nitro groups is 1. The number of sulfonamides is 1. The van der Waals surface area contributed by atoms with E-state index in [4.69, 9.17) is 4.74 Å². The molecule has 0 bridgehead atoms. The van der Waals surface area contributed by atoms with E-state index < -0.39 is 26.4 Å². The van der Waals surface area contributed by atoms with Crippen molar-refractivity contribution in [1.29, 1.82) is 0 Å². The van der Waals surface area contributed by atoms with Gasteiger partial charge in [0.1, 0.15) is 11.9 Å². The summed E-state index contributed by atoms with van der Waals surface area (Å²) in [6.07, 6.45) is 0.771. The van der Waals surface area contributed by atoms with Crippen molar-refractivity contribution in [1.82, 2.24) is 4.31 Å². The first-order valence-electron chi connectivity index (χ1n) is 5.36. The maximum Gasteiger partial charge on any atom is 0.314 e. The van der Waals surface area contributed by atoms with E-state index >= 15 is 0 Å². The van der Waals surface area contributed by atoms with Crippen molar-refractivity contribution < 1.29 is 23.2 Å². The minimum Gasteiger partial charge on any atom is -0.502 e. The van der Waals surface area contributed by atoms with Crippen LogP contribution < -0.4 is 4.74 Å². The molecule has 0 atom stereocenters. The van der Waals surface area contributed by atoms with Gasteiger partial charge in [-0.2, -0.15) is 4.31 Å². The molecule has 1 aromatic carbocycles. The molecular formula is C10H12N2O6S. The zero-order valence-corrected chi connectivity index (χ0v) is 10.8. The van der Waals surface area contributed by atoms with Gasteiger partial charge < -0.3 is 9.84 Å². The Balaban J connectivity index is 2.02. The molecule has 0 spiro atoms. The Kier molecular flexibility index (Phi) is 3.33. The fourth-order valence-electron chi connectivity index (χ4n) is 1.66. The molecule has 1 aromatic rings. The van der Waals surface area contributed by atoms with Crippen LogP contribution in [0.5, 0.6) is 11.5 Å². The normalized spacial score (nSPS) is 16.9. The third-order valence-electron chi connectivity index (χ3n) is 2.73. The molecular weight excluding hydrogens is 276 g/mol. The van der Waals surface area contributed by atoms with Crippen LogP contribution in [0.1, 0.15) is 0 Å². The third kappa shape index (κ3) is 2.93. The molecule has 8 nitrogen and oxygen atoms in total. The lowest BCUT2D eigenvalue weighted by molar-refractivity contribution is -0.386. The van der Waals surface area contributed by atoms with Crippen LogP contribution in [-0.4, -0.2) is 48.2 Å². The Morgan fingerprint density at radius 3 is 2.63 bits per heavy atom. The molecule has 1 saturated heterocycles. The lowest BCUT2D eigenvalue weighted by Gasteiger charge is -2.36. The molecule has 1 aliphatic heterocycles. The van der Waals surface area contributed by atoms with Gasteiger partial charge in [0, 0.05) is 0 Å². The van der Waals surface area contributed by atoms with Gasteiger partial charge >= 0.3 is 5.69 Å². The lowest BCUT2D eigenvalue weighted by atomic mass is 10.2. The number of phenolic OH excluding ortho intramolecular Hbond substituents is 1. The van der Waals surface area contributed by atoms with Gasteiger partial charge in [-0.3, -0.25) is 10.1 Å². The highest BCUT2D eigenvalue weighted by Crippen LogP contribution is 2.31. The van der Waals surface area contributed by atoms with Crippen LogP contribution in [0.15, 0.2) is 18.2 Å². The molecule has 19 heavy (non-hydrogen) atoms. The van der Waals surface area contributed by atoms with Crippen LogP contribution in [-0.2, 0) is 10.0 Å². The van der Waals surface area contributed by atoms with Crippen molar-refractivity contribution in [3.63, 3.8) is 0 Å². The van der Waals surface area contributed by atoms with E-state index in [0.717, 1.165) is 12.3 Å². The van der Waals surface area contributed by atoms with E-state index in [-0.39, 0.29) is 24.9 Å². The topological polar surface area (TPSA) is 110 Å². The van der Waals surface area contributed by atoms with Crippen molar-refractivity contribution >= 4 is 15.7 Å². The highest BCUT2D eigenvalue weighted by atomic mass is 32.2. The molecule has 0 amide bonds. The molecule has 9 heteroatoms. The second kappa shape index (κ2) is 4.67. The van der Waals surface area contributed by atoms with Crippen LogP contribution >= 0.6 is 0 Å². The summed E-state index contributed by atoms with van der Waals surface area (Å²) in [4.78, 5) is 9.91. The van der Waals surface area contributed by atoms with Crippen molar-refractivity contribution in [2.75, 3.05) is 19.3 Å². The van der Waals surface area contributed by atoms with Gasteiger partial charge in [0.25, 0.3) is 0 Å². The van der Waals surface area contributed by atoms with Gasteiger partial charge in [-0.05, 0) is 12.1 Å². The third-order valence-corrected chi connectivity index (χ3v) is 3.97. The van der Waals surface area contributed by atoms with Crippen molar-refractivity contribution in [3.05, 3.63) is 28.3 Å². The molecule has 0 saturated carbocycles. The lowest BCUT2D eigenvalue weighted by Crippen LogP contribution is -2.55. The number of ether oxygens (including phenoxy) is 1. The van der Waals surface area contributed by atoms with E-state index in [1.54, 1.807) is 0 Å². The first-order chi connectivity index (χ1) is 8.77. The molecule has 1 fully saturated rings. The largest absolute Gasteiger partial charge is 0.502 e. The summed E-state index contributed by atoms with van der Waals surface area (Å²) in [5.74, 6) is -0.216. The van der Waals surface area contributed by atoms with E-state index in [1.807, 2.05) is 0 Å². The highest BCUT2D eigenvalue weighted by molar-refractivity contribution is 7.88. The van der Waals surface area contributed by atoms with Crippen molar-refractivity contribution in [2.24, 2.45) is 0 Å². The number of phenols is 1. The average Bonchev–Trinajstić information content (AvgIpc) is 2.22. The van der Waals surface area contributed by atoms with Crippen LogP contribution in [0, 0.1) is 10.1 Å². The Bertz CT molecular complexity index is 608. The van der Waals surface area contributed by atoms with E-state index in [9.17, 15) is 23.6 Å². The van der Waals surface area contributed by atoms with E-state index in [0.29, 0.717) is 0 Å². The van der Waals surface area contributed by atoms with Gasteiger partial charge in [-0.25, -0.2) is 8.42 Å². The summed E-state index contributed by atoms with van der Waals surface area (Å²) in [7, 11) is -3.21. The summed E-state index contributed by atoms with van der Waals surface area (Å²) in [5.41, 5.74) is -0.447. The number of nitrogens with zero attached hydrogens (tertiary/aromatic N) is 2. The number of benzene rings is 1. The summed E-state index contributed by atoms with van der Waals surface area (Å²) in [5, 5.41) is 19.9. The fraction of sp³-hybridized carbons (Fsp3) is 0.400. The summed E-state index contributed by atoms with van der Waals surface area (Å²) in [6.45, 7) is 0.432. The monoisotopic (exact) mass is 288 g/mol. The molecule has 0 aromatic heterocycles. The SMILES string of the molecule is CS(=O)(=O)N1CC(Oc2ccc(O)c([N+](=O)[O-])c2)C1. The number of hydrogen-bond donors (Lipinski definition) is 1. The highest BCUT2D eigenvalue weighted by Gasteiger charge is 2.35. The molecule has 1 heterocycles. The zero-order chi connectivity index (χ0) is 14.2. The molecule has 0 aliphatic carbocycles. The molecule has 0 radical (unpaired) electrons. The van der Waals surface area contributed by atoms with Gasteiger partial charge in [0.15, 0.2) is 5.75 Å². The predicted octanol–water partition coefficient (Wildman–Crippen LogP) is 0.323. The van der Waals surface area contributed by atoms with Crippen molar-refractivity contribution in [3.8, 4) is 11.5 Å². The Labute approximate surface area is 109 Å². The van der Waals surface area contributed by atoms with Gasteiger partial charge in [0.05, 0.1) is 30.3 Å². The van der Waals surface area contributed by atoms with Gasteiger partial charge in [-0.15, -0.1) is 0 Å². The Morgan fingerprint density at radius 2 is 2.11 bits per heavy atom. The second-order valence-electron chi connectivity index (χ2n) is 4.23. The van der Waals surface area contributed by atoms with Crippen LogP contribution in [0.25, 0.3) is 0 Å². The number of hydrogen-bond acceptors (Lipinski definition) is 6. The Morgan fingerprint density at radius 1 is 1.47 bits per heavy atom. The molecule has 1 aliphatic rings. The number of rotatable bonds is 4. The van der Waals surface area contributed by atoms with Crippen LogP contribution in [0.4, 0.5) is 5.69 Å². The van der Waals surface area contributed by atoms with Crippen molar-refractivity contribution in [2.45, 2.75) is 6.10 Å². The van der Waals surface area contributed by atoms with E-state index in [1.165, 1.54) is 16.4 Å². The van der Waals surface area contributed by atoms with Crippen LogP contribution in [0.2, 0.25) is 0 Å². The average molecular weight is 288 g/mol. The number of nitro benzene ring substituents is 1.